The molecular formula is C39H29FN2. The molecule has 0 spiro atoms. The molecule has 2 aliphatic carbocycles. The van der Waals surface area contributed by atoms with Crippen molar-refractivity contribution in [1.29, 1.82) is 0 Å². The number of rotatable bonds is 3. The summed E-state index contributed by atoms with van der Waals surface area (Å²) in [5.74, 6) is 0.239. The third kappa shape index (κ3) is 3.28. The molecule has 3 heteroatoms. The standard InChI is InChI=1S/C39H29FN2/c1-39(2)33-13-6-5-11-30(33)31-18-16-25(21-34(31)39)36-37(32-12-7-9-23-8-3-4-10-28(23)32)41-42-35(24-14-15-24)22-26-20-27(40)17-19-29(26)38(36)42/h3-13,16-22,24H,14-15H2,1-2H3. The Morgan fingerprint density at radius 1 is 0.690 bits per heavy atom. The number of halogens is 1. The summed E-state index contributed by atoms with van der Waals surface area (Å²) in [4.78, 5) is 0. The number of fused-ring (bicyclic) bond motifs is 7. The van der Waals surface area contributed by atoms with Crippen LogP contribution in [0.25, 0.3) is 60.6 Å². The number of nitrogens with zero attached hydrogens (tertiary/aromatic N) is 2. The molecular weight excluding hydrogens is 515 g/mol. The van der Waals surface area contributed by atoms with Gasteiger partial charge in [0.15, 0.2) is 0 Å². The van der Waals surface area contributed by atoms with Crippen LogP contribution in [-0.2, 0) is 5.41 Å². The minimum atomic E-state index is -0.207. The quantitative estimate of drug-likeness (QED) is 0.216. The van der Waals surface area contributed by atoms with Gasteiger partial charge in [0.2, 0.25) is 0 Å². The molecule has 0 saturated heterocycles. The highest BCUT2D eigenvalue weighted by atomic mass is 19.1. The molecule has 0 atom stereocenters. The van der Waals surface area contributed by atoms with Crippen LogP contribution in [0.2, 0.25) is 0 Å². The zero-order chi connectivity index (χ0) is 28.2. The van der Waals surface area contributed by atoms with Gasteiger partial charge in [-0.05, 0) is 87.1 Å². The Morgan fingerprint density at radius 2 is 1.45 bits per heavy atom. The van der Waals surface area contributed by atoms with E-state index in [1.165, 1.54) is 38.7 Å². The average Bonchev–Trinajstić information content (AvgIpc) is 3.74. The number of pyridine rings is 1. The predicted molar refractivity (Wildman–Crippen MR) is 171 cm³/mol. The molecule has 7 aromatic rings. The van der Waals surface area contributed by atoms with Gasteiger partial charge in [0.25, 0.3) is 0 Å². The lowest BCUT2D eigenvalue weighted by molar-refractivity contribution is 0.629. The third-order valence-corrected chi connectivity index (χ3v) is 9.61. The zero-order valence-electron chi connectivity index (χ0n) is 23.7. The van der Waals surface area contributed by atoms with Crippen LogP contribution in [0, 0.1) is 5.82 Å². The van der Waals surface area contributed by atoms with Gasteiger partial charge in [0, 0.05) is 33.5 Å². The number of hydrogen-bond donors (Lipinski definition) is 0. The largest absolute Gasteiger partial charge is 0.236 e. The van der Waals surface area contributed by atoms with E-state index in [4.69, 9.17) is 5.10 Å². The van der Waals surface area contributed by atoms with Gasteiger partial charge in [0.1, 0.15) is 11.5 Å². The summed E-state index contributed by atoms with van der Waals surface area (Å²) < 4.78 is 16.8. The van der Waals surface area contributed by atoms with Crippen molar-refractivity contribution in [3.05, 3.63) is 132 Å². The van der Waals surface area contributed by atoms with Crippen molar-refractivity contribution in [3.63, 3.8) is 0 Å². The van der Waals surface area contributed by atoms with Crippen molar-refractivity contribution in [2.75, 3.05) is 0 Å². The van der Waals surface area contributed by atoms with Crippen LogP contribution in [-0.4, -0.2) is 9.61 Å². The molecule has 5 aromatic carbocycles. The van der Waals surface area contributed by atoms with Crippen molar-refractivity contribution in [2.45, 2.75) is 38.0 Å². The molecule has 2 aromatic heterocycles. The van der Waals surface area contributed by atoms with Crippen molar-refractivity contribution >= 4 is 27.1 Å². The van der Waals surface area contributed by atoms with Crippen LogP contribution in [0.3, 0.4) is 0 Å². The summed E-state index contributed by atoms with van der Waals surface area (Å²) in [6.45, 7) is 4.65. The molecule has 2 heterocycles. The molecule has 0 radical (unpaired) electrons. The highest BCUT2D eigenvalue weighted by Crippen LogP contribution is 2.51. The first kappa shape index (κ1) is 23.9. The fraction of sp³-hybridized carbons (Fsp3) is 0.154. The van der Waals surface area contributed by atoms with Crippen molar-refractivity contribution in [2.24, 2.45) is 0 Å². The van der Waals surface area contributed by atoms with Crippen molar-refractivity contribution in [1.82, 2.24) is 9.61 Å². The van der Waals surface area contributed by atoms with E-state index in [-0.39, 0.29) is 11.2 Å². The number of hydrogen-bond acceptors (Lipinski definition) is 1. The Balaban J connectivity index is 1.42. The van der Waals surface area contributed by atoms with Gasteiger partial charge in [-0.3, -0.25) is 0 Å². The molecule has 2 nitrogen and oxygen atoms in total. The van der Waals surface area contributed by atoms with Crippen molar-refractivity contribution < 1.29 is 4.39 Å². The summed E-state index contributed by atoms with van der Waals surface area (Å²) in [7, 11) is 0. The zero-order valence-corrected chi connectivity index (χ0v) is 23.7. The molecule has 0 aliphatic heterocycles. The predicted octanol–water partition coefficient (Wildman–Crippen LogP) is 10.3. The molecule has 0 N–H and O–H groups in total. The summed E-state index contributed by atoms with van der Waals surface area (Å²) >= 11 is 0. The summed E-state index contributed by atoms with van der Waals surface area (Å²) in [6.07, 6.45) is 2.28. The Kier molecular flexibility index (Phi) is 4.77. The second-order valence-electron chi connectivity index (χ2n) is 12.5. The second-order valence-corrected chi connectivity index (χ2v) is 12.5. The fourth-order valence-corrected chi connectivity index (χ4v) is 7.37. The smallest absolute Gasteiger partial charge is 0.123 e. The first-order valence-corrected chi connectivity index (χ1v) is 14.9. The summed E-state index contributed by atoms with van der Waals surface area (Å²) in [5, 5.41) is 9.77. The lowest BCUT2D eigenvalue weighted by Gasteiger charge is -2.22. The van der Waals surface area contributed by atoms with Crippen LogP contribution in [0.15, 0.2) is 109 Å². The lowest BCUT2D eigenvalue weighted by atomic mass is 9.81. The number of benzene rings is 5. The summed E-state index contributed by atoms with van der Waals surface area (Å²) in [6, 6.07) is 38.1. The van der Waals surface area contributed by atoms with Gasteiger partial charge >= 0.3 is 0 Å². The first-order valence-electron chi connectivity index (χ1n) is 14.9. The molecule has 0 unspecified atom stereocenters. The molecule has 9 rings (SSSR count). The van der Waals surface area contributed by atoms with Gasteiger partial charge in [0.05, 0.1) is 5.52 Å². The van der Waals surface area contributed by atoms with Crippen LogP contribution in [0.5, 0.6) is 0 Å². The fourth-order valence-electron chi connectivity index (χ4n) is 7.37. The van der Waals surface area contributed by atoms with Gasteiger partial charge in [-0.1, -0.05) is 92.7 Å². The maximum atomic E-state index is 14.6. The highest BCUT2D eigenvalue weighted by Gasteiger charge is 2.36. The van der Waals surface area contributed by atoms with Crippen LogP contribution < -0.4 is 0 Å². The van der Waals surface area contributed by atoms with Crippen LogP contribution >= 0.6 is 0 Å². The maximum Gasteiger partial charge on any atom is 0.123 e. The second kappa shape index (κ2) is 8.39. The van der Waals surface area contributed by atoms with Crippen LogP contribution in [0.4, 0.5) is 4.39 Å². The Morgan fingerprint density at radius 3 is 2.33 bits per heavy atom. The Labute approximate surface area is 244 Å². The molecule has 1 fully saturated rings. The van der Waals surface area contributed by atoms with Gasteiger partial charge in [-0.15, -0.1) is 0 Å². The SMILES string of the molecule is CC1(C)c2ccccc2-c2ccc(-c3c(-c4cccc5ccccc45)nn4c(C5CC5)cc5cc(F)ccc5c34)cc21. The van der Waals surface area contributed by atoms with Gasteiger partial charge in [-0.25, -0.2) is 8.91 Å². The topological polar surface area (TPSA) is 17.3 Å². The Hall–Kier alpha value is -4.76. The van der Waals surface area contributed by atoms with Crippen LogP contribution in [0.1, 0.15) is 49.4 Å². The molecule has 202 valence electrons. The normalized spacial score (nSPS) is 15.4. The van der Waals surface area contributed by atoms with E-state index >= 15 is 0 Å². The van der Waals surface area contributed by atoms with Gasteiger partial charge in [-0.2, -0.15) is 5.10 Å². The van der Waals surface area contributed by atoms with E-state index in [9.17, 15) is 4.39 Å². The van der Waals surface area contributed by atoms with Crippen molar-refractivity contribution in [3.8, 4) is 33.5 Å². The lowest BCUT2D eigenvalue weighted by Crippen LogP contribution is -2.14. The third-order valence-electron chi connectivity index (χ3n) is 9.61. The van der Waals surface area contributed by atoms with E-state index in [1.54, 1.807) is 12.1 Å². The summed E-state index contributed by atoms with van der Waals surface area (Å²) in [5.41, 5.74) is 11.8. The first-order chi connectivity index (χ1) is 20.5. The minimum absolute atomic E-state index is 0.116. The monoisotopic (exact) mass is 544 g/mol. The number of aromatic nitrogens is 2. The van der Waals surface area contributed by atoms with E-state index in [0.29, 0.717) is 5.92 Å². The average molecular weight is 545 g/mol. The van der Waals surface area contributed by atoms with E-state index in [0.717, 1.165) is 51.5 Å². The molecule has 0 bridgehead atoms. The maximum absolute atomic E-state index is 14.6. The Bertz CT molecular complexity index is 2240. The molecule has 0 amide bonds. The minimum Gasteiger partial charge on any atom is -0.236 e. The van der Waals surface area contributed by atoms with E-state index in [2.05, 4.69) is 109 Å². The molecule has 1 saturated carbocycles. The molecule has 42 heavy (non-hydrogen) atoms. The highest BCUT2D eigenvalue weighted by molar-refractivity contribution is 6.10. The van der Waals surface area contributed by atoms with Gasteiger partial charge < -0.3 is 0 Å². The molecule has 2 aliphatic rings. The van der Waals surface area contributed by atoms with E-state index in [1.807, 2.05) is 6.07 Å². The van der Waals surface area contributed by atoms with E-state index < -0.39 is 0 Å².